The Bertz CT molecular complexity index is 1010. The average molecular weight is 406 g/mol. The van der Waals surface area contributed by atoms with E-state index in [-0.39, 0.29) is 33.8 Å². The van der Waals surface area contributed by atoms with E-state index in [2.05, 4.69) is 23.8 Å². The molecule has 3 nitrogen and oxygen atoms in total. The van der Waals surface area contributed by atoms with Gasteiger partial charge >= 0.3 is 0 Å². The summed E-state index contributed by atoms with van der Waals surface area (Å²) >= 11 is 0. The van der Waals surface area contributed by atoms with E-state index in [1.54, 1.807) is 0 Å². The van der Waals surface area contributed by atoms with Gasteiger partial charge in [-0.25, -0.2) is 22.5 Å². The van der Waals surface area contributed by atoms with Gasteiger partial charge in [-0.15, -0.1) is 0 Å². The number of aromatic nitrogens is 2. The van der Waals surface area contributed by atoms with E-state index in [4.69, 9.17) is 4.74 Å². The topological polar surface area (TPSA) is 35.0 Å². The number of ether oxygens (including phenoxy) is 1. The predicted octanol–water partition coefficient (Wildman–Crippen LogP) is 6.57. The maximum absolute atomic E-state index is 14.4. The molecule has 0 amide bonds. The largest absolute Gasteiger partial charge is 0.491 e. The van der Waals surface area contributed by atoms with Gasteiger partial charge in [0.2, 0.25) is 0 Å². The van der Waals surface area contributed by atoms with E-state index < -0.39 is 23.8 Å². The number of halogens is 4. The number of rotatable bonds is 7. The third-order valence-corrected chi connectivity index (χ3v) is 4.52. The number of alkyl halides is 2. The Hall–Kier alpha value is -2.70. The van der Waals surface area contributed by atoms with Gasteiger partial charge in [-0.1, -0.05) is 20.8 Å². The van der Waals surface area contributed by atoms with Gasteiger partial charge in [0.25, 0.3) is 6.43 Å². The van der Waals surface area contributed by atoms with Crippen molar-refractivity contribution >= 4 is 10.9 Å². The van der Waals surface area contributed by atoms with Gasteiger partial charge in [0, 0.05) is 29.3 Å². The minimum Gasteiger partial charge on any atom is -0.491 e. The molecule has 3 aromatic rings. The molecule has 0 radical (unpaired) electrons. The summed E-state index contributed by atoms with van der Waals surface area (Å²) < 4.78 is 60.7. The van der Waals surface area contributed by atoms with Crippen LogP contribution in [-0.2, 0) is 0 Å². The summed E-state index contributed by atoms with van der Waals surface area (Å²) in [6.07, 6.45) is -0.590. The van der Waals surface area contributed by atoms with Crippen molar-refractivity contribution in [1.29, 1.82) is 0 Å². The lowest BCUT2D eigenvalue weighted by atomic mass is 10.00. The summed E-state index contributed by atoms with van der Waals surface area (Å²) in [4.78, 5) is 7.99. The van der Waals surface area contributed by atoms with Crippen LogP contribution in [0.2, 0.25) is 0 Å². The lowest BCUT2D eigenvalue weighted by Gasteiger charge is -2.17. The van der Waals surface area contributed by atoms with Crippen LogP contribution in [0.5, 0.6) is 5.75 Å². The van der Waals surface area contributed by atoms with Crippen molar-refractivity contribution in [2.75, 3.05) is 6.61 Å². The van der Waals surface area contributed by atoms with Crippen molar-refractivity contribution in [3.05, 3.63) is 53.9 Å². The molecular weight excluding hydrogens is 384 g/mol. The highest BCUT2D eigenvalue weighted by atomic mass is 19.3. The highest BCUT2D eigenvalue weighted by Crippen LogP contribution is 2.34. The highest BCUT2D eigenvalue weighted by Gasteiger charge is 2.20. The second-order valence-corrected chi connectivity index (χ2v) is 7.57. The number of hydrogen-bond donors (Lipinski definition) is 0. The molecule has 7 heteroatoms. The Morgan fingerprint density at radius 2 is 1.79 bits per heavy atom. The maximum Gasteiger partial charge on any atom is 0.284 e. The minimum absolute atomic E-state index is 0.00392. The summed E-state index contributed by atoms with van der Waals surface area (Å²) in [5.74, 6) is -0.910. The molecule has 1 aromatic carbocycles. The van der Waals surface area contributed by atoms with E-state index in [1.807, 2.05) is 6.92 Å². The van der Waals surface area contributed by atoms with Gasteiger partial charge in [0.15, 0.2) is 0 Å². The van der Waals surface area contributed by atoms with E-state index in [1.165, 1.54) is 24.4 Å². The Morgan fingerprint density at radius 3 is 2.48 bits per heavy atom. The molecule has 29 heavy (non-hydrogen) atoms. The molecule has 0 spiro atoms. The summed E-state index contributed by atoms with van der Waals surface area (Å²) in [6, 6.07) is 6.19. The molecule has 0 N–H and O–H groups in total. The van der Waals surface area contributed by atoms with Gasteiger partial charge in [0.05, 0.1) is 17.8 Å². The zero-order valence-electron chi connectivity index (χ0n) is 16.4. The van der Waals surface area contributed by atoms with Crippen LogP contribution in [-0.4, -0.2) is 16.6 Å². The Morgan fingerprint density at radius 1 is 1.03 bits per heavy atom. The smallest absolute Gasteiger partial charge is 0.284 e. The molecule has 0 saturated heterocycles. The van der Waals surface area contributed by atoms with Crippen LogP contribution in [0.3, 0.4) is 0 Å². The Labute approximate surface area is 166 Å². The summed E-state index contributed by atoms with van der Waals surface area (Å²) in [5.41, 5.74) is -0.0233. The molecule has 0 saturated carbocycles. The van der Waals surface area contributed by atoms with Crippen molar-refractivity contribution < 1.29 is 22.3 Å². The fourth-order valence-corrected chi connectivity index (χ4v) is 3.41. The van der Waals surface area contributed by atoms with Crippen molar-refractivity contribution in [3.8, 4) is 17.0 Å². The zero-order chi connectivity index (χ0) is 21.1. The standard InChI is InChI=1S/C22H22F4N2O/c1-12(2)8-13(3)11-29-19-5-4-17(28-21(19)22(25)26)15-6-7-27-18-10-14(23)9-16(24)20(15)18/h4-7,9-10,12-13,22H,8,11H2,1-3H3. The molecule has 0 aliphatic heterocycles. The van der Waals surface area contributed by atoms with E-state index in [9.17, 15) is 17.6 Å². The molecule has 3 rings (SSSR count). The monoisotopic (exact) mass is 406 g/mol. The minimum atomic E-state index is -2.86. The molecular formula is C22H22F4N2O. The van der Waals surface area contributed by atoms with Crippen molar-refractivity contribution in [2.24, 2.45) is 11.8 Å². The third kappa shape index (κ3) is 4.83. The van der Waals surface area contributed by atoms with Crippen LogP contribution in [0, 0.1) is 23.5 Å². The average Bonchev–Trinajstić information content (AvgIpc) is 2.64. The lowest BCUT2D eigenvalue weighted by molar-refractivity contribution is 0.137. The van der Waals surface area contributed by atoms with E-state index in [0.717, 1.165) is 18.6 Å². The summed E-state index contributed by atoms with van der Waals surface area (Å²) in [6.45, 7) is 6.46. The maximum atomic E-state index is 14.4. The molecule has 0 fully saturated rings. The Balaban J connectivity index is 1.98. The van der Waals surface area contributed by atoms with Crippen molar-refractivity contribution in [1.82, 2.24) is 9.97 Å². The molecule has 0 aliphatic rings. The molecule has 1 atom stereocenters. The van der Waals surface area contributed by atoms with Crippen LogP contribution in [0.1, 0.15) is 39.3 Å². The van der Waals surface area contributed by atoms with Crippen LogP contribution in [0.25, 0.3) is 22.2 Å². The predicted molar refractivity (Wildman–Crippen MR) is 104 cm³/mol. The lowest BCUT2D eigenvalue weighted by Crippen LogP contribution is -2.12. The number of benzene rings is 1. The molecule has 2 heterocycles. The van der Waals surface area contributed by atoms with Gasteiger partial charge in [0.1, 0.15) is 23.1 Å². The van der Waals surface area contributed by atoms with E-state index in [0.29, 0.717) is 12.5 Å². The second kappa shape index (κ2) is 8.76. The SMILES string of the molecule is CC(C)CC(C)COc1ccc(-c2ccnc3cc(F)cc(F)c23)nc1C(F)F. The fraction of sp³-hybridized carbons (Fsp3) is 0.364. The molecule has 0 aliphatic carbocycles. The number of fused-ring (bicyclic) bond motifs is 1. The first kappa shape index (κ1) is 21.0. The molecule has 0 bridgehead atoms. The molecule has 2 aromatic heterocycles. The van der Waals surface area contributed by atoms with Crippen LogP contribution in [0.15, 0.2) is 36.5 Å². The molecule has 154 valence electrons. The Kier molecular flexibility index (Phi) is 6.35. The summed E-state index contributed by atoms with van der Waals surface area (Å²) in [5, 5.41) is 0.0286. The normalized spacial score (nSPS) is 12.7. The summed E-state index contributed by atoms with van der Waals surface area (Å²) in [7, 11) is 0. The van der Waals surface area contributed by atoms with Gasteiger partial charge in [-0.2, -0.15) is 0 Å². The first-order valence-electron chi connectivity index (χ1n) is 9.42. The van der Waals surface area contributed by atoms with Crippen LogP contribution >= 0.6 is 0 Å². The first-order chi connectivity index (χ1) is 13.8. The van der Waals surface area contributed by atoms with E-state index >= 15 is 0 Å². The number of hydrogen-bond acceptors (Lipinski definition) is 3. The zero-order valence-corrected chi connectivity index (χ0v) is 16.4. The van der Waals surface area contributed by atoms with Crippen LogP contribution in [0.4, 0.5) is 17.6 Å². The quantitative estimate of drug-likeness (QED) is 0.416. The third-order valence-electron chi connectivity index (χ3n) is 4.52. The van der Waals surface area contributed by atoms with Gasteiger partial charge in [-0.05, 0) is 36.5 Å². The highest BCUT2D eigenvalue weighted by molar-refractivity contribution is 5.93. The van der Waals surface area contributed by atoms with Crippen LogP contribution < -0.4 is 4.74 Å². The number of pyridine rings is 2. The number of nitrogens with zero attached hydrogens (tertiary/aromatic N) is 2. The second-order valence-electron chi connectivity index (χ2n) is 7.57. The van der Waals surface area contributed by atoms with Gasteiger partial charge < -0.3 is 4.74 Å². The fourth-order valence-electron chi connectivity index (χ4n) is 3.41. The van der Waals surface area contributed by atoms with Crippen molar-refractivity contribution in [3.63, 3.8) is 0 Å². The van der Waals surface area contributed by atoms with Gasteiger partial charge in [-0.3, -0.25) is 4.98 Å². The van der Waals surface area contributed by atoms with Crippen molar-refractivity contribution in [2.45, 2.75) is 33.6 Å². The first-order valence-corrected chi connectivity index (χ1v) is 9.42. The molecule has 1 unspecified atom stereocenters.